The topological polar surface area (TPSA) is 22.9 Å². The first-order chi connectivity index (χ1) is 5.08. The van der Waals surface area contributed by atoms with Crippen LogP contribution in [0.5, 0.6) is 0 Å². The maximum Gasteiger partial charge on any atom is 0.161 e. The summed E-state index contributed by atoms with van der Waals surface area (Å²) in [5.41, 5.74) is 0.897. The fourth-order valence-electron chi connectivity index (χ4n) is 1.11. The predicted octanol–water partition coefficient (Wildman–Crippen LogP) is 1.73. The van der Waals surface area contributed by atoms with Gasteiger partial charge in [0.05, 0.1) is 0 Å². The summed E-state index contributed by atoms with van der Waals surface area (Å²) in [5.74, 6) is 0. The molecule has 0 bridgehead atoms. The number of benzene rings is 1. The van der Waals surface area contributed by atoms with Crippen molar-refractivity contribution in [2.45, 2.75) is 25.9 Å². The van der Waals surface area contributed by atoms with E-state index >= 15 is 0 Å². The van der Waals surface area contributed by atoms with Crippen LogP contribution >= 0.6 is 0 Å². The van der Waals surface area contributed by atoms with Crippen molar-refractivity contribution in [3.8, 4) is 0 Å². The lowest BCUT2D eigenvalue weighted by Gasteiger charge is -2.11. The zero-order chi connectivity index (χ0) is 8.32. The lowest BCUT2D eigenvalue weighted by molar-refractivity contribution is 0.0810. The average Bonchev–Trinajstić information content (AvgIpc) is 1.85. The molecule has 0 aliphatic carbocycles. The van der Waals surface area contributed by atoms with Crippen molar-refractivity contribution >= 4 is 0 Å². The Balaban J connectivity index is 2.66. The molecule has 0 radical (unpaired) electrons. The van der Waals surface area contributed by atoms with Crippen LogP contribution < -0.4 is 0 Å². The quantitative estimate of drug-likeness (QED) is 0.575. The van der Waals surface area contributed by atoms with Crippen LogP contribution in [0.4, 0.5) is 0 Å². The van der Waals surface area contributed by atoms with Crippen molar-refractivity contribution in [3.63, 3.8) is 0 Å². The van der Waals surface area contributed by atoms with Gasteiger partial charge in [-0.05, 0) is 5.56 Å². The molecule has 1 aromatic rings. The van der Waals surface area contributed by atoms with Crippen LogP contribution in [-0.2, 0) is 6.42 Å². The van der Waals surface area contributed by atoms with E-state index in [0.29, 0.717) is 0 Å². The van der Waals surface area contributed by atoms with E-state index in [1.165, 1.54) is 5.56 Å². The van der Waals surface area contributed by atoms with Crippen molar-refractivity contribution in [2.24, 2.45) is 0 Å². The lowest BCUT2D eigenvalue weighted by atomic mass is 9.99. The van der Waals surface area contributed by atoms with Gasteiger partial charge >= 0.3 is 0 Å². The Hall–Kier alpha value is -0.820. The molecule has 1 nitrogen and oxygen atoms in total. The molecule has 0 aliphatic heterocycles. The monoisotopic (exact) mass is 151 g/mol. The summed E-state index contributed by atoms with van der Waals surface area (Å²) in [7, 11) is 0. The summed E-state index contributed by atoms with van der Waals surface area (Å²) < 4.78 is 0. The molecule has 0 saturated heterocycles. The first-order valence-corrected chi connectivity index (χ1v) is 3.87. The Labute approximate surface area is 67.7 Å². The van der Waals surface area contributed by atoms with Gasteiger partial charge in [0, 0.05) is 20.3 Å². The summed E-state index contributed by atoms with van der Waals surface area (Å²) in [5, 5.41) is 7.67. The van der Waals surface area contributed by atoms with Crippen LogP contribution in [0.1, 0.15) is 19.4 Å². The summed E-state index contributed by atoms with van der Waals surface area (Å²) in [4.78, 5) is 0. The Kier molecular flexibility index (Phi) is 2.30. The fraction of sp³-hybridized carbons (Fsp3) is 0.400. The highest BCUT2D eigenvalue weighted by Gasteiger charge is 2.17. The fourth-order valence-corrected chi connectivity index (χ4v) is 1.11. The summed E-state index contributed by atoms with van der Waals surface area (Å²) >= 11 is 0. The lowest BCUT2D eigenvalue weighted by Crippen LogP contribution is -2.21. The molecular weight excluding hydrogens is 136 g/mol. The molecule has 0 spiro atoms. The van der Waals surface area contributed by atoms with E-state index in [0.717, 1.165) is 6.42 Å². The van der Waals surface area contributed by atoms with E-state index in [1.54, 1.807) is 0 Å². The second-order valence-corrected chi connectivity index (χ2v) is 3.55. The van der Waals surface area contributed by atoms with Crippen molar-refractivity contribution in [1.29, 1.82) is 0 Å². The third-order valence-electron chi connectivity index (χ3n) is 1.49. The molecule has 60 valence electrons. The summed E-state index contributed by atoms with van der Waals surface area (Å²) in [6.45, 7) is 3.86. The highest BCUT2D eigenvalue weighted by Crippen LogP contribution is 2.10. The molecule has 1 rings (SSSR count). The highest BCUT2D eigenvalue weighted by atomic mass is 16.3. The minimum absolute atomic E-state index is 0.346. The zero-order valence-electron chi connectivity index (χ0n) is 7.09. The Morgan fingerprint density at radius 3 is 2.18 bits per heavy atom. The maximum absolute atomic E-state index is 7.67. The van der Waals surface area contributed by atoms with Gasteiger partial charge in [-0.25, -0.2) is 0 Å². The van der Waals surface area contributed by atoms with E-state index in [9.17, 15) is 0 Å². The zero-order valence-corrected chi connectivity index (χ0v) is 7.09. The van der Waals surface area contributed by atoms with Gasteiger partial charge in [-0.15, -0.1) is 0 Å². The van der Waals surface area contributed by atoms with E-state index in [-0.39, 0.29) is 5.60 Å². The van der Waals surface area contributed by atoms with Crippen molar-refractivity contribution < 1.29 is 5.11 Å². The third kappa shape index (κ3) is 3.19. The molecule has 0 atom stereocenters. The molecule has 0 aromatic heterocycles. The van der Waals surface area contributed by atoms with Gasteiger partial charge in [-0.3, -0.25) is 0 Å². The normalized spacial score (nSPS) is 11.5. The largest absolute Gasteiger partial charge is 0.441 e. The van der Waals surface area contributed by atoms with E-state index in [4.69, 9.17) is 5.11 Å². The smallest absolute Gasteiger partial charge is 0.161 e. The maximum atomic E-state index is 7.67. The summed E-state index contributed by atoms with van der Waals surface area (Å²) in [6.07, 6.45) is 0.827. The predicted molar refractivity (Wildman–Crippen MR) is 47.8 cm³/mol. The standard InChI is InChI=1S/C10H14O/c1-10(2,11)8-9-6-4-3-5-7-9/h3-7,11H,8H2,1-2H3/p+1. The van der Waals surface area contributed by atoms with Gasteiger partial charge in [0.15, 0.2) is 5.60 Å². The Morgan fingerprint density at radius 1 is 1.18 bits per heavy atom. The second kappa shape index (κ2) is 3.05. The average molecular weight is 151 g/mol. The number of hydrogen-bond acceptors (Lipinski definition) is 0. The molecule has 2 N–H and O–H groups in total. The molecule has 0 saturated carbocycles. The SMILES string of the molecule is CC(C)([OH2+])Cc1ccccc1. The molecule has 0 heterocycles. The third-order valence-corrected chi connectivity index (χ3v) is 1.49. The van der Waals surface area contributed by atoms with E-state index < -0.39 is 0 Å². The van der Waals surface area contributed by atoms with Crippen LogP contribution in [0.25, 0.3) is 0 Å². The number of rotatable bonds is 2. The Morgan fingerprint density at radius 2 is 1.73 bits per heavy atom. The van der Waals surface area contributed by atoms with E-state index in [2.05, 4.69) is 12.1 Å². The second-order valence-electron chi connectivity index (χ2n) is 3.55. The van der Waals surface area contributed by atoms with Crippen LogP contribution in [0.15, 0.2) is 30.3 Å². The molecule has 11 heavy (non-hydrogen) atoms. The van der Waals surface area contributed by atoms with Crippen molar-refractivity contribution in [1.82, 2.24) is 0 Å². The Bertz CT molecular complexity index is 208. The number of hydrogen-bond donors (Lipinski definition) is 0. The summed E-state index contributed by atoms with van der Waals surface area (Å²) in [6, 6.07) is 10.2. The molecular formula is C10H15O+. The van der Waals surface area contributed by atoms with Crippen LogP contribution in [0.3, 0.4) is 0 Å². The molecule has 1 heteroatoms. The molecule has 0 amide bonds. The van der Waals surface area contributed by atoms with Crippen LogP contribution in [0.2, 0.25) is 0 Å². The van der Waals surface area contributed by atoms with Gasteiger partial charge in [-0.1, -0.05) is 30.3 Å². The molecule has 0 unspecified atom stereocenters. The van der Waals surface area contributed by atoms with Crippen molar-refractivity contribution in [2.75, 3.05) is 0 Å². The first-order valence-electron chi connectivity index (χ1n) is 3.87. The van der Waals surface area contributed by atoms with Gasteiger partial charge in [-0.2, -0.15) is 0 Å². The minimum atomic E-state index is -0.346. The van der Waals surface area contributed by atoms with E-state index in [1.807, 2.05) is 32.0 Å². The van der Waals surface area contributed by atoms with Gasteiger partial charge in [0.2, 0.25) is 0 Å². The van der Waals surface area contributed by atoms with Crippen LogP contribution in [0, 0.1) is 0 Å². The molecule has 0 fully saturated rings. The van der Waals surface area contributed by atoms with Gasteiger partial charge in [0.25, 0.3) is 0 Å². The minimum Gasteiger partial charge on any atom is -0.441 e. The van der Waals surface area contributed by atoms with Gasteiger partial charge in [0.1, 0.15) is 0 Å². The van der Waals surface area contributed by atoms with Gasteiger partial charge < -0.3 is 5.11 Å². The first kappa shape index (κ1) is 8.28. The molecule has 1 aromatic carbocycles. The molecule has 0 aliphatic rings. The van der Waals surface area contributed by atoms with Crippen LogP contribution in [-0.4, -0.2) is 10.7 Å². The highest BCUT2D eigenvalue weighted by molar-refractivity contribution is 5.16. The van der Waals surface area contributed by atoms with Crippen molar-refractivity contribution in [3.05, 3.63) is 35.9 Å².